The smallest absolute Gasteiger partial charge is 0.119 e. The molecular formula is C15H18O. The Morgan fingerprint density at radius 2 is 2.19 bits per heavy atom. The number of allylic oxidation sites excluding steroid dienone is 4. The summed E-state index contributed by atoms with van der Waals surface area (Å²) in [6.45, 7) is 4.95. The Morgan fingerprint density at radius 1 is 1.31 bits per heavy atom. The van der Waals surface area contributed by atoms with Crippen LogP contribution in [-0.2, 0) is 0 Å². The molecule has 0 heterocycles. The maximum absolute atomic E-state index is 5.53. The van der Waals surface area contributed by atoms with Gasteiger partial charge in [-0.15, -0.1) is 0 Å². The Labute approximate surface area is 97.4 Å². The SMILES string of the molecule is CCOc1cccc(C2=C(C)CCC=C2)c1. The van der Waals surface area contributed by atoms with E-state index in [0.717, 1.165) is 12.4 Å². The van der Waals surface area contributed by atoms with Crippen LogP contribution in [0.2, 0.25) is 0 Å². The van der Waals surface area contributed by atoms with Gasteiger partial charge in [0.25, 0.3) is 0 Å². The maximum Gasteiger partial charge on any atom is 0.119 e. The second kappa shape index (κ2) is 5.02. The fourth-order valence-electron chi connectivity index (χ4n) is 2.04. The van der Waals surface area contributed by atoms with Crippen molar-refractivity contribution in [2.75, 3.05) is 6.61 Å². The van der Waals surface area contributed by atoms with E-state index < -0.39 is 0 Å². The van der Waals surface area contributed by atoms with Crippen LogP contribution in [0.15, 0.2) is 42.0 Å². The van der Waals surface area contributed by atoms with Crippen LogP contribution in [0.1, 0.15) is 32.3 Å². The summed E-state index contributed by atoms with van der Waals surface area (Å²) < 4.78 is 5.53. The molecule has 0 saturated carbocycles. The van der Waals surface area contributed by atoms with Gasteiger partial charge in [-0.3, -0.25) is 0 Å². The van der Waals surface area contributed by atoms with Crippen molar-refractivity contribution in [2.24, 2.45) is 0 Å². The Kier molecular flexibility index (Phi) is 3.45. The summed E-state index contributed by atoms with van der Waals surface area (Å²) in [5.74, 6) is 0.958. The van der Waals surface area contributed by atoms with E-state index in [1.165, 1.54) is 29.6 Å². The van der Waals surface area contributed by atoms with Crippen LogP contribution in [0.5, 0.6) is 5.75 Å². The lowest BCUT2D eigenvalue weighted by atomic mass is 9.93. The molecule has 0 aliphatic heterocycles. The predicted molar refractivity (Wildman–Crippen MR) is 68.6 cm³/mol. The van der Waals surface area contributed by atoms with Crippen LogP contribution in [0.25, 0.3) is 5.57 Å². The van der Waals surface area contributed by atoms with Crippen LogP contribution < -0.4 is 4.74 Å². The number of ether oxygens (including phenoxy) is 1. The van der Waals surface area contributed by atoms with E-state index in [1.54, 1.807) is 0 Å². The molecule has 0 radical (unpaired) electrons. The van der Waals surface area contributed by atoms with Gasteiger partial charge in [-0.1, -0.05) is 29.9 Å². The van der Waals surface area contributed by atoms with Gasteiger partial charge < -0.3 is 4.74 Å². The Bertz CT molecular complexity index is 427. The quantitative estimate of drug-likeness (QED) is 0.732. The van der Waals surface area contributed by atoms with E-state index in [4.69, 9.17) is 4.74 Å². The topological polar surface area (TPSA) is 9.23 Å². The minimum atomic E-state index is 0.720. The van der Waals surface area contributed by atoms with E-state index >= 15 is 0 Å². The molecular weight excluding hydrogens is 196 g/mol. The monoisotopic (exact) mass is 214 g/mol. The van der Waals surface area contributed by atoms with Gasteiger partial charge in [0, 0.05) is 0 Å². The highest BCUT2D eigenvalue weighted by molar-refractivity contribution is 5.77. The minimum absolute atomic E-state index is 0.720. The Balaban J connectivity index is 2.33. The molecule has 84 valence electrons. The molecule has 1 nitrogen and oxygen atoms in total. The van der Waals surface area contributed by atoms with Gasteiger partial charge in [-0.25, -0.2) is 0 Å². The van der Waals surface area contributed by atoms with E-state index in [-0.39, 0.29) is 0 Å². The number of hydrogen-bond donors (Lipinski definition) is 0. The van der Waals surface area contributed by atoms with Gasteiger partial charge in [-0.2, -0.15) is 0 Å². The van der Waals surface area contributed by atoms with Crippen molar-refractivity contribution < 1.29 is 4.74 Å². The fourth-order valence-corrected chi connectivity index (χ4v) is 2.04. The summed E-state index contributed by atoms with van der Waals surface area (Å²) in [6.07, 6.45) is 6.81. The van der Waals surface area contributed by atoms with Crippen LogP contribution in [-0.4, -0.2) is 6.61 Å². The summed E-state index contributed by atoms with van der Waals surface area (Å²) in [5, 5.41) is 0. The summed E-state index contributed by atoms with van der Waals surface area (Å²) in [7, 11) is 0. The molecule has 1 aliphatic rings. The van der Waals surface area contributed by atoms with Gasteiger partial charge in [0.2, 0.25) is 0 Å². The van der Waals surface area contributed by atoms with E-state index in [1.807, 2.05) is 13.0 Å². The molecule has 0 fully saturated rings. The normalized spacial score (nSPS) is 15.4. The van der Waals surface area contributed by atoms with E-state index in [0.29, 0.717) is 0 Å². The molecule has 0 saturated heterocycles. The van der Waals surface area contributed by atoms with Crippen molar-refractivity contribution in [2.45, 2.75) is 26.7 Å². The van der Waals surface area contributed by atoms with E-state index in [2.05, 4.69) is 37.3 Å². The van der Waals surface area contributed by atoms with Crippen LogP contribution in [0.4, 0.5) is 0 Å². The molecule has 0 N–H and O–H groups in total. The Morgan fingerprint density at radius 3 is 2.94 bits per heavy atom. The Hall–Kier alpha value is -1.50. The minimum Gasteiger partial charge on any atom is -0.494 e. The highest BCUT2D eigenvalue weighted by Crippen LogP contribution is 2.29. The van der Waals surface area contributed by atoms with Crippen LogP contribution in [0, 0.1) is 0 Å². The maximum atomic E-state index is 5.53. The molecule has 0 atom stereocenters. The first kappa shape index (κ1) is 11.0. The summed E-state index contributed by atoms with van der Waals surface area (Å²) in [5.41, 5.74) is 4.09. The summed E-state index contributed by atoms with van der Waals surface area (Å²) in [6, 6.07) is 8.34. The van der Waals surface area contributed by atoms with Crippen molar-refractivity contribution in [1.29, 1.82) is 0 Å². The van der Waals surface area contributed by atoms with Gasteiger partial charge in [0.1, 0.15) is 5.75 Å². The molecule has 0 aromatic heterocycles. The molecule has 1 aromatic rings. The van der Waals surface area contributed by atoms with Crippen molar-refractivity contribution in [1.82, 2.24) is 0 Å². The second-order valence-electron chi connectivity index (χ2n) is 4.10. The zero-order valence-corrected chi connectivity index (χ0v) is 9.99. The first-order chi connectivity index (χ1) is 7.81. The lowest BCUT2D eigenvalue weighted by Gasteiger charge is -2.13. The number of benzene rings is 1. The van der Waals surface area contributed by atoms with Gasteiger partial charge in [0.15, 0.2) is 0 Å². The number of hydrogen-bond acceptors (Lipinski definition) is 1. The molecule has 0 amide bonds. The molecule has 0 unspecified atom stereocenters. The third kappa shape index (κ3) is 2.35. The molecule has 2 rings (SSSR count). The molecule has 1 aromatic carbocycles. The van der Waals surface area contributed by atoms with Crippen molar-refractivity contribution >= 4 is 5.57 Å². The van der Waals surface area contributed by atoms with Crippen molar-refractivity contribution in [3.05, 3.63) is 47.6 Å². The lowest BCUT2D eigenvalue weighted by molar-refractivity contribution is 0.340. The van der Waals surface area contributed by atoms with Gasteiger partial charge in [-0.05, 0) is 50.0 Å². The summed E-state index contributed by atoms with van der Waals surface area (Å²) >= 11 is 0. The molecule has 0 bridgehead atoms. The highest BCUT2D eigenvalue weighted by atomic mass is 16.5. The third-order valence-corrected chi connectivity index (χ3v) is 2.89. The third-order valence-electron chi connectivity index (χ3n) is 2.89. The van der Waals surface area contributed by atoms with Gasteiger partial charge >= 0.3 is 0 Å². The van der Waals surface area contributed by atoms with Crippen LogP contribution >= 0.6 is 0 Å². The predicted octanol–water partition coefficient (Wildman–Crippen LogP) is 4.21. The van der Waals surface area contributed by atoms with Crippen molar-refractivity contribution in [3.8, 4) is 5.75 Å². The van der Waals surface area contributed by atoms with E-state index in [9.17, 15) is 0 Å². The standard InChI is InChI=1S/C15H18O/c1-3-16-14-9-6-8-13(11-14)15-10-5-4-7-12(15)2/h5-6,8-11H,3-4,7H2,1-2H3. The molecule has 1 heteroatoms. The average Bonchev–Trinajstić information content (AvgIpc) is 2.30. The van der Waals surface area contributed by atoms with Gasteiger partial charge in [0.05, 0.1) is 6.61 Å². The average molecular weight is 214 g/mol. The number of rotatable bonds is 3. The van der Waals surface area contributed by atoms with Crippen molar-refractivity contribution in [3.63, 3.8) is 0 Å². The largest absolute Gasteiger partial charge is 0.494 e. The lowest BCUT2D eigenvalue weighted by Crippen LogP contribution is -1.94. The second-order valence-corrected chi connectivity index (χ2v) is 4.10. The summed E-state index contributed by atoms with van der Waals surface area (Å²) in [4.78, 5) is 0. The zero-order valence-electron chi connectivity index (χ0n) is 9.99. The first-order valence-electron chi connectivity index (χ1n) is 5.91. The fraction of sp³-hybridized carbons (Fsp3) is 0.333. The van der Waals surface area contributed by atoms with Crippen LogP contribution in [0.3, 0.4) is 0 Å². The zero-order chi connectivity index (χ0) is 11.4. The molecule has 16 heavy (non-hydrogen) atoms. The molecule has 1 aliphatic carbocycles. The molecule has 0 spiro atoms. The first-order valence-corrected chi connectivity index (χ1v) is 5.91. The highest BCUT2D eigenvalue weighted by Gasteiger charge is 2.07.